The molecule has 0 saturated carbocycles. The number of nitrogens with zero attached hydrogens (tertiary/aromatic N) is 1. The van der Waals surface area contributed by atoms with E-state index in [1.807, 2.05) is 43.5 Å². The molecule has 3 rings (SSSR count). The number of aromatic nitrogens is 1. The summed E-state index contributed by atoms with van der Waals surface area (Å²) in [5.41, 5.74) is 5.98. The molecule has 26 heavy (non-hydrogen) atoms. The minimum Gasteiger partial charge on any atom is -0.489 e. The summed E-state index contributed by atoms with van der Waals surface area (Å²) in [6, 6.07) is 22.8. The van der Waals surface area contributed by atoms with Crippen LogP contribution in [-0.4, -0.2) is 4.98 Å². The number of hydrogen-bond acceptors (Lipinski definition) is 2. The first kappa shape index (κ1) is 17.9. The Labute approximate surface area is 156 Å². The van der Waals surface area contributed by atoms with E-state index in [4.69, 9.17) is 4.74 Å². The van der Waals surface area contributed by atoms with Gasteiger partial charge in [0.15, 0.2) is 0 Å². The highest BCUT2D eigenvalue weighted by atomic mass is 16.5. The predicted molar refractivity (Wildman–Crippen MR) is 107 cm³/mol. The monoisotopic (exact) mass is 343 g/mol. The van der Waals surface area contributed by atoms with Crippen molar-refractivity contribution in [3.8, 4) is 5.75 Å². The first-order valence-corrected chi connectivity index (χ1v) is 9.03. The van der Waals surface area contributed by atoms with Gasteiger partial charge in [-0.1, -0.05) is 60.7 Å². The molecule has 0 saturated heterocycles. The van der Waals surface area contributed by atoms with Gasteiger partial charge in [-0.3, -0.25) is 4.98 Å². The topological polar surface area (TPSA) is 22.1 Å². The van der Waals surface area contributed by atoms with E-state index in [1.165, 1.54) is 16.7 Å². The lowest BCUT2D eigenvalue weighted by Gasteiger charge is -2.08. The van der Waals surface area contributed by atoms with E-state index in [1.54, 1.807) is 0 Å². The molecule has 0 aliphatic carbocycles. The number of allylic oxidation sites excluding steroid dienone is 1. The Morgan fingerprint density at radius 2 is 1.58 bits per heavy atom. The van der Waals surface area contributed by atoms with E-state index in [2.05, 4.69) is 48.0 Å². The maximum absolute atomic E-state index is 5.84. The van der Waals surface area contributed by atoms with E-state index in [-0.39, 0.29) is 0 Å². The molecule has 0 radical (unpaired) electrons. The van der Waals surface area contributed by atoms with Crippen LogP contribution in [0.25, 0.3) is 0 Å². The number of benzene rings is 2. The van der Waals surface area contributed by atoms with Crippen LogP contribution in [0.1, 0.15) is 29.3 Å². The standard InChI is InChI=1S/C24H25NO/c1-19(2)16-22-9-13-23(25-17-22)12-8-20-10-14-24(15-11-20)26-18-21-6-4-3-5-7-21/h3-7,9-11,13-15,17H,1,8,12,16,18H2,2H3. The van der Waals surface area contributed by atoms with Gasteiger partial charge >= 0.3 is 0 Å². The van der Waals surface area contributed by atoms with Gasteiger partial charge in [0, 0.05) is 11.9 Å². The number of hydrogen-bond donors (Lipinski definition) is 0. The molecule has 0 unspecified atom stereocenters. The zero-order valence-corrected chi connectivity index (χ0v) is 15.3. The molecule has 0 spiro atoms. The first-order valence-electron chi connectivity index (χ1n) is 9.03. The summed E-state index contributed by atoms with van der Waals surface area (Å²) in [5, 5.41) is 0. The Balaban J connectivity index is 1.49. The smallest absolute Gasteiger partial charge is 0.119 e. The van der Waals surface area contributed by atoms with Crippen molar-refractivity contribution in [3.63, 3.8) is 0 Å². The number of pyridine rings is 1. The van der Waals surface area contributed by atoms with E-state index >= 15 is 0 Å². The van der Waals surface area contributed by atoms with Gasteiger partial charge < -0.3 is 4.74 Å². The van der Waals surface area contributed by atoms with Crippen molar-refractivity contribution in [2.45, 2.75) is 32.8 Å². The molecule has 0 aliphatic rings. The Kier molecular flexibility index (Phi) is 6.21. The first-order chi connectivity index (χ1) is 12.7. The second kappa shape index (κ2) is 9.00. The van der Waals surface area contributed by atoms with Crippen molar-refractivity contribution in [2.75, 3.05) is 0 Å². The summed E-state index contributed by atoms with van der Waals surface area (Å²) in [6.45, 7) is 6.59. The summed E-state index contributed by atoms with van der Waals surface area (Å²) in [7, 11) is 0. The molecular weight excluding hydrogens is 318 g/mol. The van der Waals surface area contributed by atoms with E-state index in [0.29, 0.717) is 6.61 Å². The summed E-state index contributed by atoms with van der Waals surface area (Å²) < 4.78 is 5.84. The minimum absolute atomic E-state index is 0.598. The fourth-order valence-electron chi connectivity index (χ4n) is 2.82. The minimum atomic E-state index is 0.598. The number of rotatable bonds is 8. The largest absolute Gasteiger partial charge is 0.489 e. The average molecular weight is 343 g/mol. The number of ether oxygens (including phenoxy) is 1. The van der Waals surface area contributed by atoms with E-state index < -0.39 is 0 Å². The summed E-state index contributed by atoms with van der Waals surface area (Å²) in [5.74, 6) is 0.903. The van der Waals surface area contributed by atoms with Crippen molar-refractivity contribution >= 4 is 0 Å². The maximum atomic E-state index is 5.84. The fourth-order valence-corrected chi connectivity index (χ4v) is 2.82. The molecule has 2 aromatic carbocycles. The van der Waals surface area contributed by atoms with Gasteiger partial charge in [0.2, 0.25) is 0 Å². The predicted octanol–water partition coefficient (Wildman–Crippen LogP) is 5.56. The van der Waals surface area contributed by atoms with Crippen molar-refractivity contribution in [1.29, 1.82) is 0 Å². The lowest BCUT2D eigenvalue weighted by Crippen LogP contribution is -1.97. The molecule has 2 nitrogen and oxygen atoms in total. The van der Waals surface area contributed by atoms with Gasteiger partial charge in [-0.15, -0.1) is 0 Å². The van der Waals surface area contributed by atoms with Crippen LogP contribution in [0.4, 0.5) is 0 Å². The molecule has 0 atom stereocenters. The molecule has 3 aromatic rings. The molecule has 0 N–H and O–H groups in total. The van der Waals surface area contributed by atoms with Crippen molar-refractivity contribution in [2.24, 2.45) is 0 Å². The Morgan fingerprint density at radius 3 is 2.23 bits per heavy atom. The van der Waals surface area contributed by atoms with Crippen LogP contribution in [-0.2, 0) is 25.9 Å². The molecular formula is C24H25NO. The molecule has 0 aliphatic heterocycles. The Morgan fingerprint density at radius 1 is 0.846 bits per heavy atom. The Hall–Kier alpha value is -2.87. The van der Waals surface area contributed by atoms with E-state index in [0.717, 1.165) is 36.3 Å². The fraction of sp³-hybridized carbons (Fsp3) is 0.208. The number of aryl methyl sites for hydroxylation is 2. The van der Waals surface area contributed by atoms with Gasteiger partial charge in [-0.2, -0.15) is 0 Å². The second-order valence-electron chi connectivity index (χ2n) is 6.71. The lowest BCUT2D eigenvalue weighted by molar-refractivity contribution is 0.306. The molecule has 0 amide bonds. The van der Waals surface area contributed by atoms with Crippen LogP contribution >= 0.6 is 0 Å². The summed E-state index contributed by atoms with van der Waals surface area (Å²) in [6.07, 6.45) is 4.78. The molecule has 132 valence electrons. The maximum Gasteiger partial charge on any atom is 0.119 e. The average Bonchev–Trinajstić information content (AvgIpc) is 2.67. The zero-order chi connectivity index (χ0) is 18.2. The Bertz CT molecular complexity index is 820. The normalized spacial score (nSPS) is 10.5. The van der Waals surface area contributed by atoms with Crippen LogP contribution in [0.3, 0.4) is 0 Å². The lowest BCUT2D eigenvalue weighted by atomic mass is 10.1. The SMILES string of the molecule is C=C(C)Cc1ccc(CCc2ccc(OCc3ccccc3)cc2)nc1. The highest BCUT2D eigenvalue weighted by Crippen LogP contribution is 2.16. The summed E-state index contributed by atoms with van der Waals surface area (Å²) >= 11 is 0. The van der Waals surface area contributed by atoms with Gasteiger partial charge in [-0.25, -0.2) is 0 Å². The van der Waals surface area contributed by atoms with Crippen molar-refractivity contribution in [3.05, 3.63) is 107 Å². The van der Waals surface area contributed by atoms with Crippen LogP contribution < -0.4 is 4.74 Å². The molecule has 1 heterocycles. The van der Waals surface area contributed by atoms with Gasteiger partial charge in [0.05, 0.1) is 0 Å². The van der Waals surface area contributed by atoms with Gasteiger partial charge in [0.25, 0.3) is 0 Å². The molecule has 2 heteroatoms. The third kappa shape index (κ3) is 5.59. The highest BCUT2D eigenvalue weighted by molar-refractivity contribution is 5.28. The van der Waals surface area contributed by atoms with Crippen molar-refractivity contribution < 1.29 is 4.74 Å². The van der Waals surface area contributed by atoms with E-state index in [9.17, 15) is 0 Å². The highest BCUT2D eigenvalue weighted by Gasteiger charge is 2.01. The summed E-state index contributed by atoms with van der Waals surface area (Å²) in [4.78, 5) is 4.56. The van der Waals surface area contributed by atoms with Gasteiger partial charge in [0.1, 0.15) is 12.4 Å². The van der Waals surface area contributed by atoms with Crippen LogP contribution in [0.2, 0.25) is 0 Å². The van der Waals surface area contributed by atoms with Crippen LogP contribution in [0, 0.1) is 0 Å². The van der Waals surface area contributed by atoms with Crippen LogP contribution in [0.5, 0.6) is 5.75 Å². The second-order valence-corrected chi connectivity index (χ2v) is 6.71. The third-order valence-corrected chi connectivity index (χ3v) is 4.23. The van der Waals surface area contributed by atoms with Crippen molar-refractivity contribution in [1.82, 2.24) is 4.98 Å². The zero-order valence-electron chi connectivity index (χ0n) is 15.3. The third-order valence-electron chi connectivity index (χ3n) is 4.23. The quantitative estimate of drug-likeness (QED) is 0.499. The molecule has 1 aromatic heterocycles. The van der Waals surface area contributed by atoms with Crippen LogP contribution in [0.15, 0.2) is 85.1 Å². The molecule has 0 fully saturated rings. The molecule has 0 bridgehead atoms. The van der Waals surface area contributed by atoms with Gasteiger partial charge in [-0.05, 0) is 61.1 Å².